The summed E-state index contributed by atoms with van der Waals surface area (Å²) in [5, 5.41) is 30.9. The fourth-order valence-electron chi connectivity index (χ4n) is 4.45. The zero-order valence-electron chi connectivity index (χ0n) is 12.8. The van der Waals surface area contributed by atoms with Crippen molar-refractivity contribution in [1.82, 2.24) is 14.8 Å². The molecule has 0 aromatic heterocycles. The first-order chi connectivity index (χ1) is 9.77. The molecule has 0 amide bonds. The van der Waals surface area contributed by atoms with Gasteiger partial charge in [0.05, 0.1) is 0 Å². The molecule has 0 aromatic carbocycles. The predicted octanol–water partition coefficient (Wildman–Crippen LogP) is -1.44. The van der Waals surface area contributed by atoms with Crippen LogP contribution < -0.4 is 5.84 Å². The van der Waals surface area contributed by atoms with Gasteiger partial charge in [-0.25, -0.2) is 9.91 Å². The summed E-state index contributed by atoms with van der Waals surface area (Å²) < 4.78 is 0. The van der Waals surface area contributed by atoms with Crippen molar-refractivity contribution in [2.45, 2.75) is 37.8 Å². The smallest absolute Gasteiger partial charge is 0.330 e. The van der Waals surface area contributed by atoms with Gasteiger partial charge in [-0.15, -0.1) is 0 Å². The van der Waals surface area contributed by atoms with E-state index in [1.165, 1.54) is 4.90 Å². The largest absolute Gasteiger partial charge is 0.346 e. The van der Waals surface area contributed by atoms with E-state index in [4.69, 9.17) is 5.84 Å². The molecule has 2 heterocycles. The van der Waals surface area contributed by atoms with Crippen molar-refractivity contribution in [2.24, 2.45) is 17.2 Å². The first-order valence-corrected chi connectivity index (χ1v) is 7.89. The second-order valence-corrected chi connectivity index (χ2v) is 7.47. The highest BCUT2D eigenvalue weighted by atomic mass is 16.7. The number of hydrogen-bond acceptors (Lipinski definition) is 7. The standard InChI is InChI=1S/C14H28N4O3/c1-16-9-13(10-16)6-12(7-13)18(14(19,20)21)8-11-2-4-17(15)5-3-11/h11-12,19-21H,2-10,15H2,1H3. The molecule has 2 saturated heterocycles. The minimum atomic E-state index is -2.71. The Labute approximate surface area is 125 Å². The minimum Gasteiger partial charge on any atom is -0.330 e. The molecule has 7 nitrogen and oxygen atoms in total. The Hall–Kier alpha value is -0.280. The number of aliphatic hydroxyl groups is 3. The van der Waals surface area contributed by atoms with Gasteiger partial charge in [-0.1, -0.05) is 0 Å². The van der Waals surface area contributed by atoms with Crippen LogP contribution in [-0.2, 0) is 0 Å². The Morgan fingerprint density at radius 1 is 1.19 bits per heavy atom. The Balaban J connectivity index is 1.55. The summed E-state index contributed by atoms with van der Waals surface area (Å²) in [7, 11) is 2.10. The van der Waals surface area contributed by atoms with Gasteiger partial charge < -0.3 is 20.2 Å². The van der Waals surface area contributed by atoms with Crippen LogP contribution in [0.25, 0.3) is 0 Å². The van der Waals surface area contributed by atoms with E-state index in [0.717, 1.165) is 51.9 Å². The Morgan fingerprint density at radius 3 is 2.24 bits per heavy atom. The van der Waals surface area contributed by atoms with Gasteiger partial charge in [0.15, 0.2) is 0 Å². The highest BCUT2D eigenvalue weighted by Crippen LogP contribution is 2.50. The quantitative estimate of drug-likeness (QED) is 0.373. The lowest BCUT2D eigenvalue weighted by molar-refractivity contribution is -0.411. The van der Waals surface area contributed by atoms with Gasteiger partial charge in [0.1, 0.15) is 0 Å². The zero-order valence-corrected chi connectivity index (χ0v) is 12.8. The topological polar surface area (TPSA) is 96.4 Å². The molecule has 3 rings (SSSR count). The molecule has 0 bridgehead atoms. The van der Waals surface area contributed by atoms with E-state index in [2.05, 4.69) is 11.9 Å². The van der Waals surface area contributed by atoms with Crippen LogP contribution in [0.1, 0.15) is 25.7 Å². The van der Waals surface area contributed by atoms with Crippen LogP contribution in [0.2, 0.25) is 0 Å². The van der Waals surface area contributed by atoms with Gasteiger partial charge in [-0.3, -0.25) is 5.84 Å². The minimum absolute atomic E-state index is 0.0645. The average Bonchev–Trinajstić information content (AvgIpc) is 2.30. The summed E-state index contributed by atoms with van der Waals surface area (Å²) in [6.07, 6.45) is 1.04. The molecule has 0 radical (unpaired) electrons. The third-order valence-electron chi connectivity index (χ3n) is 5.48. The van der Waals surface area contributed by atoms with E-state index >= 15 is 0 Å². The molecule has 3 aliphatic rings. The maximum atomic E-state index is 9.70. The third kappa shape index (κ3) is 3.24. The van der Waals surface area contributed by atoms with E-state index in [1.807, 2.05) is 0 Å². The molecular weight excluding hydrogens is 272 g/mol. The Morgan fingerprint density at radius 2 is 1.76 bits per heavy atom. The van der Waals surface area contributed by atoms with Crippen molar-refractivity contribution in [3.8, 4) is 0 Å². The lowest BCUT2D eigenvalue weighted by Crippen LogP contribution is -2.69. The van der Waals surface area contributed by atoms with Crippen LogP contribution in [0.3, 0.4) is 0 Å². The average molecular weight is 300 g/mol. The van der Waals surface area contributed by atoms with Crippen molar-refractivity contribution < 1.29 is 15.3 Å². The van der Waals surface area contributed by atoms with Gasteiger partial charge in [0.25, 0.3) is 0 Å². The molecule has 122 valence electrons. The molecular formula is C14H28N4O3. The van der Waals surface area contributed by atoms with Crippen LogP contribution in [0.4, 0.5) is 0 Å². The maximum absolute atomic E-state index is 9.70. The van der Waals surface area contributed by atoms with Crippen molar-refractivity contribution in [3.63, 3.8) is 0 Å². The lowest BCUT2D eigenvalue weighted by atomic mass is 9.60. The fourth-order valence-corrected chi connectivity index (χ4v) is 4.45. The number of rotatable bonds is 4. The van der Waals surface area contributed by atoms with E-state index in [-0.39, 0.29) is 6.04 Å². The van der Waals surface area contributed by atoms with Crippen molar-refractivity contribution in [2.75, 3.05) is 39.8 Å². The number of nitrogens with zero attached hydrogens (tertiary/aromatic N) is 3. The van der Waals surface area contributed by atoms with Crippen LogP contribution >= 0.6 is 0 Å². The van der Waals surface area contributed by atoms with Crippen molar-refractivity contribution >= 4 is 0 Å². The van der Waals surface area contributed by atoms with Crippen LogP contribution in [0, 0.1) is 11.3 Å². The van der Waals surface area contributed by atoms with Crippen LogP contribution in [0.15, 0.2) is 0 Å². The SMILES string of the molecule is CN1CC2(CC(N(CC3CCN(N)CC3)C(O)(O)O)C2)C1. The summed E-state index contributed by atoms with van der Waals surface area (Å²) in [5.41, 5.74) is 0.351. The van der Waals surface area contributed by atoms with E-state index in [0.29, 0.717) is 17.9 Å². The lowest BCUT2D eigenvalue weighted by Gasteiger charge is -2.61. The summed E-state index contributed by atoms with van der Waals surface area (Å²) in [5.74, 6) is 6.11. The molecule has 21 heavy (non-hydrogen) atoms. The number of likely N-dealkylation sites (tertiary alicyclic amines) is 1. The third-order valence-corrected chi connectivity index (χ3v) is 5.48. The van der Waals surface area contributed by atoms with Gasteiger partial charge >= 0.3 is 6.10 Å². The zero-order chi connectivity index (χ0) is 15.3. The van der Waals surface area contributed by atoms with E-state index in [9.17, 15) is 15.3 Å². The molecule has 0 atom stereocenters. The first kappa shape index (κ1) is 15.6. The van der Waals surface area contributed by atoms with Crippen molar-refractivity contribution in [3.05, 3.63) is 0 Å². The normalized spacial score (nSPS) is 28.9. The van der Waals surface area contributed by atoms with Gasteiger partial charge in [-0.05, 0) is 44.1 Å². The number of hydrogen-bond donors (Lipinski definition) is 4. The summed E-state index contributed by atoms with van der Waals surface area (Å²) in [4.78, 5) is 3.76. The predicted molar refractivity (Wildman–Crippen MR) is 77.5 cm³/mol. The maximum Gasteiger partial charge on any atom is 0.346 e. The highest BCUT2D eigenvalue weighted by molar-refractivity contribution is 5.07. The van der Waals surface area contributed by atoms with E-state index in [1.54, 1.807) is 5.01 Å². The molecule has 2 aliphatic heterocycles. The number of nitrogens with two attached hydrogens (primary N) is 1. The number of hydrazine groups is 1. The monoisotopic (exact) mass is 300 g/mol. The molecule has 1 saturated carbocycles. The van der Waals surface area contributed by atoms with Gasteiger partial charge in [-0.2, -0.15) is 0 Å². The fraction of sp³-hybridized carbons (Fsp3) is 1.00. The molecule has 0 unspecified atom stereocenters. The van der Waals surface area contributed by atoms with Crippen molar-refractivity contribution in [1.29, 1.82) is 0 Å². The van der Waals surface area contributed by atoms with Crippen LogP contribution in [0.5, 0.6) is 0 Å². The summed E-state index contributed by atoms with van der Waals surface area (Å²) in [6.45, 7) is 4.34. The number of piperidine rings is 1. The molecule has 1 spiro atoms. The summed E-state index contributed by atoms with van der Waals surface area (Å²) in [6, 6.07) is 0.0645. The highest BCUT2D eigenvalue weighted by Gasteiger charge is 2.55. The second-order valence-electron chi connectivity index (χ2n) is 7.47. The summed E-state index contributed by atoms with van der Waals surface area (Å²) >= 11 is 0. The molecule has 1 aliphatic carbocycles. The second kappa shape index (κ2) is 5.42. The Kier molecular flexibility index (Phi) is 4.03. The van der Waals surface area contributed by atoms with Crippen LogP contribution in [-0.4, -0.2) is 82.0 Å². The molecule has 7 heteroatoms. The van der Waals surface area contributed by atoms with Gasteiger partial charge in [0.2, 0.25) is 0 Å². The first-order valence-electron chi connectivity index (χ1n) is 7.89. The molecule has 3 fully saturated rings. The van der Waals surface area contributed by atoms with Gasteiger partial charge in [0, 0.05) is 38.8 Å². The Bertz CT molecular complexity index is 365. The molecule has 0 aromatic rings. The van der Waals surface area contributed by atoms with E-state index < -0.39 is 6.10 Å². The molecule has 5 N–H and O–H groups in total.